The van der Waals surface area contributed by atoms with E-state index in [-0.39, 0.29) is 11.4 Å². The molecule has 192 valence electrons. The van der Waals surface area contributed by atoms with Gasteiger partial charge in [0, 0.05) is 35.9 Å². The number of nitro groups is 1. The van der Waals surface area contributed by atoms with Crippen molar-refractivity contribution in [2.24, 2.45) is 0 Å². The molecule has 0 aliphatic heterocycles. The van der Waals surface area contributed by atoms with E-state index in [1.165, 1.54) is 18.2 Å². The lowest BCUT2D eigenvalue weighted by Crippen LogP contribution is -2.26. The standard InChI is InChI=1S/C29H24N2O7/c1-35-26-13-17-9-10-30-23(7-5-18-11-20(31(33)34)6-8-25(18)32)22-16-29(38-4)27(36-2)14-19(22)12-24(30)21(17)15-28(26)37-3/h5-16H,1-4H3/p+1. The number of aromatic nitrogens is 1. The summed E-state index contributed by atoms with van der Waals surface area (Å²) in [5, 5.41) is 25.3. The van der Waals surface area contributed by atoms with Crippen LogP contribution in [0.3, 0.4) is 0 Å². The smallest absolute Gasteiger partial charge is 0.270 e. The van der Waals surface area contributed by atoms with Crippen LogP contribution in [0.4, 0.5) is 5.69 Å². The number of benzene rings is 3. The quantitative estimate of drug-likeness (QED) is 0.100. The van der Waals surface area contributed by atoms with Crippen LogP contribution in [0, 0.1) is 10.1 Å². The third kappa shape index (κ3) is 4.13. The molecule has 5 aromatic rings. The first-order chi connectivity index (χ1) is 18.4. The minimum atomic E-state index is -0.496. The lowest BCUT2D eigenvalue weighted by molar-refractivity contribution is -0.511. The summed E-state index contributed by atoms with van der Waals surface area (Å²) >= 11 is 0. The van der Waals surface area contributed by atoms with Crippen molar-refractivity contribution in [1.82, 2.24) is 0 Å². The fourth-order valence-electron chi connectivity index (χ4n) is 4.62. The van der Waals surface area contributed by atoms with Crippen LogP contribution in [0.25, 0.3) is 39.2 Å². The average molecular weight is 514 g/mol. The zero-order valence-electron chi connectivity index (χ0n) is 21.2. The van der Waals surface area contributed by atoms with Gasteiger partial charge in [-0.05, 0) is 47.2 Å². The van der Waals surface area contributed by atoms with E-state index in [4.69, 9.17) is 18.9 Å². The van der Waals surface area contributed by atoms with Crippen LogP contribution in [0.2, 0.25) is 0 Å². The maximum absolute atomic E-state index is 11.3. The number of hydrogen-bond acceptors (Lipinski definition) is 7. The maximum Gasteiger partial charge on any atom is 0.270 e. The highest BCUT2D eigenvalue weighted by Crippen LogP contribution is 2.37. The summed E-state index contributed by atoms with van der Waals surface area (Å²) in [7, 11) is 6.34. The molecule has 0 saturated heterocycles. The van der Waals surface area contributed by atoms with E-state index in [1.54, 1.807) is 34.5 Å². The summed E-state index contributed by atoms with van der Waals surface area (Å²) in [5.41, 5.74) is 1.85. The molecule has 0 atom stereocenters. The Bertz CT molecular complexity index is 1760. The van der Waals surface area contributed by atoms with Gasteiger partial charge in [-0.25, -0.2) is 0 Å². The predicted octanol–water partition coefficient (Wildman–Crippen LogP) is 5.55. The Hall–Kier alpha value is -5.05. The van der Waals surface area contributed by atoms with Crippen LogP contribution in [-0.2, 0) is 0 Å². The van der Waals surface area contributed by atoms with Gasteiger partial charge in [-0.3, -0.25) is 10.1 Å². The van der Waals surface area contributed by atoms with Crippen LogP contribution in [0.15, 0.2) is 60.8 Å². The van der Waals surface area contributed by atoms with Crippen LogP contribution in [0.5, 0.6) is 28.7 Å². The number of phenols is 1. The van der Waals surface area contributed by atoms with E-state index >= 15 is 0 Å². The minimum Gasteiger partial charge on any atom is -0.507 e. The lowest BCUT2D eigenvalue weighted by atomic mass is 10.0. The molecule has 2 heterocycles. The van der Waals surface area contributed by atoms with Crippen LogP contribution < -0.4 is 23.3 Å². The highest BCUT2D eigenvalue weighted by atomic mass is 16.6. The normalized spacial score (nSPS) is 11.4. The Balaban J connectivity index is 1.86. The van der Waals surface area contributed by atoms with Gasteiger partial charge in [0.15, 0.2) is 29.2 Å². The largest absolute Gasteiger partial charge is 0.507 e. The van der Waals surface area contributed by atoms with Gasteiger partial charge in [0.25, 0.3) is 5.69 Å². The number of phenolic OH excluding ortho intramolecular Hbond substituents is 1. The summed E-state index contributed by atoms with van der Waals surface area (Å²) in [5.74, 6) is 2.29. The van der Waals surface area contributed by atoms with Crippen molar-refractivity contribution < 1.29 is 33.4 Å². The minimum absolute atomic E-state index is 0.0667. The van der Waals surface area contributed by atoms with Gasteiger partial charge in [0.2, 0.25) is 11.2 Å². The van der Waals surface area contributed by atoms with Gasteiger partial charge in [0.1, 0.15) is 5.75 Å². The van der Waals surface area contributed by atoms with E-state index in [0.29, 0.717) is 28.6 Å². The molecule has 38 heavy (non-hydrogen) atoms. The third-order valence-corrected chi connectivity index (χ3v) is 6.52. The second kappa shape index (κ2) is 9.78. The van der Waals surface area contributed by atoms with Crippen LogP contribution in [0.1, 0.15) is 11.3 Å². The Morgan fingerprint density at radius 3 is 2.00 bits per heavy atom. The zero-order chi connectivity index (χ0) is 27.0. The lowest BCUT2D eigenvalue weighted by Gasteiger charge is -2.12. The fourth-order valence-corrected chi connectivity index (χ4v) is 4.62. The number of nitro benzene ring substituents is 1. The van der Waals surface area contributed by atoms with Gasteiger partial charge in [-0.15, -0.1) is 0 Å². The van der Waals surface area contributed by atoms with E-state index in [1.807, 2.05) is 53.1 Å². The molecule has 0 bridgehead atoms. The van der Waals surface area contributed by atoms with Gasteiger partial charge >= 0.3 is 0 Å². The summed E-state index contributed by atoms with van der Waals surface area (Å²) in [6, 6.07) is 15.6. The van der Waals surface area contributed by atoms with Crippen LogP contribution in [-0.4, -0.2) is 38.5 Å². The SMILES string of the molecule is COc1cc2cc3c4cc(OC)c(OC)cc4cc[n+]3c(C=Cc3cc([N+](=O)[O-])ccc3O)c2cc1OC. The zero-order valence-corrected chi connectivity index (χ0v) is 21.2. The Morgan fingerprint density at radius 2 is 1.37 bits per heavy atom. The summed E-state index contributed by atoms with van der Waals surface area (Å²) in [4.78, 5) is 10.8. The van der Waals surface area contributed by atoms with E-state index in [2.05, 4.69) is 0 Å². The molecule has 0 amide bonds. The van der Waals surface area contributed by atoms with Crippen molar-refractivity contribution in [1.29, 1.82) is 0 Å². The van der Waals surface area contributed by atoms with E-state index in [9.17, 15) is 15.2 Å². The first-order valence-electron chi connectivity index (χ1n) is 11.6. The van der Waals surface area contributed by atoms with Crippen molar-refractivity contribution in [2.45, 2.75) is 0 Å². The number of pyridine rings is 2. The fraction of sp³-hybridized carbons (Fsp3) is 0.138. The molecule has 0 aliphatic carbocycles. The molecular weight excluding hydrogens is 488 g/mol. The monoisotopic (exact) mass is 513 g/mol. The first-order valence-corrected chi connectivity index (χ1v) is 11.6. The average Bonchev–Trinajstić information content (AvgIpc) is 2.94. The van der Waals surface area contributed by atoms with Crippen molar-refractivity contribution >= 4 is 44.9 Å². The molecule has 1 N–H and O–H groups in total. The van der Waals surface area contributed by atoms with Crippen molar-refractivity contribution in [3.8, 4) is 28.7 Å². The van der Waals surface area contributed by atoms with Crippen LogP contribution >= 0.6 is 0 Å². The molecule has 9 heteroatoms. The molecule has 5 rings (SSSR count). The molecular formula is C29H25N2O7+. The number of rotatable bonds is 7. The highest BCUT2D eigenvalue weighted by Gasteiger charge is 2.21. The summed E-state index contributed by atoms with van der Waals surface area (Å²) < 4.78 is 24.2. The summed E-state index contributed by atoms with van der Waals surface area (Å²) in [6.45, 7) is 0. The molecule has 0 unspecified atom stereocenters. The van der Waals surface area contributed by atoms with Crippen molar-refractivity contribution in [3.63, 3.8) is 0 Å². The molecule has 0 fully saturated rings. The maximum atomic E-state index is 11.3. The van der Waals surface area contributed by atoms with Crippen molar-refractivity contribution in [3.05, 3.63) is 82.2 Å². The second-order valence-corrected chi connectivity index (χ2v) is 8.52. The molecule has 3 aromatic carbocycles. The van der Waals surface area contributed by atoms with Gasteiger partial charge < -0.3 is 24.1 Å². The van der Waals surface area contributed by atoms with Gasteiger partial charge in [-0.1, -0.05) is 0 Å². The molecule has 0 saturated carbocycles. The molecule has 2 aromatic heterocycles. The molecule has 0 spiro atoms. The number of ether oxygens (including phenoxy) is 4. The number of non-ortho nitro benzene ring substituents is 1. The molecule has 0 radical (unpaired) electrons. The predicted molar refractivity (Wildman–Crippen MR) is 145 cm³/mol. The first kappa shape index (κ1) is 24.6. The van der Waals surface area contributed by atoms with Gasteiger partial charge in [0.05, 0.1) is 44.1 Å². The number of nitrogens with zero attached hydrogens (tertiary/aromatic N) is 2. The topological polar surface area (TPSA) is 104 Å². The number of hydrogen-bond donors (Lipinski definition) is 1. The summed E-state index contributed by atoms with van der Waals surface area (Å²) in [6.07, 6.45) is 5.40. The Labute approximate surface area is 217 Å². The van der Waals surface area contributed by atoms with E-state index < -0.39 is 4.92 Å². The molecule has 9 nitrogen and oxygen atoms in total. The second-order valence-electron chi connectivity index (χ2n) is 8.52. The third-order valence-electron chi connectivity index (χ3n) is 6.52. The Kier molecular flexibility index (Phi) is 6.34. The number of methoxy groups -OCH3 is 4. The number of aromatic hydroxyl groups is 1. The Morgan fingerprint density at radius 1 is 0.763 bits per heavy atom. The van der Waals surface area contributed by atoms with E-state index in [0.717, 1.165) is 32.8 Å². The van der Waals surface area contributed by atoms with Crippen molar-refractivity contribution in [2.75, 3.05) is 28.4 Å². The van der Waals surface area contributed by atoms with Gasteiger partial charge in [-0.2, -0.15) is 4.40 Å². The highest BCUT2D eigenvalue weighted by molar-refractivity contribution is 6.01. The molecule has 0 aliphatic rings. The number of fused-ring (bicyclic) bond motifs is 4.